The van der Waals surface area contributed by atoms with Crippen LogP contribution >= 0.6 is 0 Å². The van der Waals surface area contributed by atoms with Crippen LogP contribution in [-0.2, 0) is 11.2 Å². The molecular weight excluding hydrogens is 198 g/mol. The van der Waals surface area contributed by atoms with Gasteiger partial charge in [-0.05, 0) is 26.3 Å². The van der Waals surface area contributed by atoms with E-state index in [2.05, 4.69) is 37.9 Å². The molecule has 1 heterocycles. The van der Waals surface area contributed by atoms with Crippen LogP contribution in [0.5, 0.6) is 0 Å². The summed E-state index contributed by atoms with van der Waals surface area (Å²) in [4.78, 5) is 4.65. The van der Waals surface area contributed by atoms with Crippen molar-refractivity contribution in [3.05, 3.63) is 35.9 Å². The second-order valence-corrected chi connectivity index (χ2v) is 5.11. The highest BCUT2D eigenvalue weighted by atomic mass is 16.5. The van der Waals surface area contributed by atoms with E-state index in [0.29, 0.717) is 0 Å². The molecule has 0 saturated carbocycles. The molecule has 0 amide bonds. The predicted octanol–water partition coefficient (Wildman–Crippen LogP) is 3.22. The fraction of sp³-hybridized carbons (Fsp3) is 0.500. The predicted molar refractivity (Wildman–Crippen MR) is 66.8 cm³/mol. The highest BCUT2D eigenvalue weighted by Crippen LogP contribution is 2.24. The average Bonchev–Trinajstić information content (AvgIpc) is 2.15. The number of hydrogen-bond donors (Lipinski definition) is 0. The second kappa shape index (κ2) is 4.28. The molecule has 16 heavy (non-hydrogen) atoms. The Morgan fingerprint density at radius 2 is 2.00 bits per heavy atom. The van der Waals surface area contributed by atoms with Crippen LogP contribution < -0.4 is 0 Å². The van der Waals surface area contributed by atoms with Crippen LogP contribution in [0.4, 0.5) is 0 Å². The topological polar surface area (TPSA) is 21.6 Å². The molecule has 0 N–H and O–H groups in total. The third kappa shape index (κ3) is 2.84. The Hall–Kier alpha value is -1.31. The molecule has 0 aromatic heterocycles. The van der Waals surface area contributed by atoms with Crippen LogP contribution in [0.2, 0.25) is 0 Å². The monoisotopic (exact) mass is 217 g/mol. The van der Waals surface area contributed by atoms with Gasteiger partial charge >= 0.3 is 0 Å². The van der Waals surface area contributed by atoms with Gasteiger partial charge in [0.05, 0.1) is 11.6 Å². The molecule has 2 heteroatoms. The number of nitrogens with zero attached hydrogens (tertiary/aromatic N) is 1. The Bertz CT molecular complexity index is 381. The van der Waals surface area contributed by atoms with Gasteiger partial charge in [-0.1, -0.05) is 30.3 Å². The maximum atomic E-state index is 5.78. The summed E-state index contributed by atoms with van der Waals surface area (Å²) in [6.45, 7) is 6.44. The van der Waals surface area contributed by atoms with Gasteiger partial charge in [-0.15, -0.1) is 0 Å². The maximum Gasteiger partial charge on any atom is 0.188 e. The number of benzene rings is 1. The van der Waals surface area contributed by atoms with E-state index in [4.69, 9.17) is 4.74 Å². The van der Waals surface area contributed by atoms with E-state index in [0.717, 1.165) is 18.7 Å². The first kappa shape index (κ1) is 11.2. The molecule has 86 valence electrons. The molecule has 0 spiro atoms. The van der Waals surface area contributed by atoms with Crippen molar-refractivity contribution in [1.82, 2.24) is 0 Å². The lowest BCUT2D eigenvalue weighted by Crippen LogP contribution is -2.34. The van der Waals surface area contributed by atoms with E-state index in [-0.39, 0.29) is 11.6 Å². The van der Waals surface area contributed by atoms with E-state index in [1.165, 1.54) is 5.56 Å². The van der Waals surface area contributed by atoms with Crippen LogP contribution in [0.15, 0.2) is 35.3 Å². The third-order valence-electron chi connectivity index (χ3n) is 2.75. The molecule has 0 unspecified atom stereocenters. The Labute approximate surface area is 97.4 Å². The van der Waals surface area contributed by atoms with Gasteiger partial charge in [-0.3, -0.25) is 0 Å². The zero-order valence-corrected chi connectivity index (χ0v) is 10.2. The van der Waals surface area contributed by atoms with E-state index in [1.54, 1.807) is 0 Å². The molecular formula is C14H19NO. The van der Waals surface area contributed by atoms with E-state index < -0.39 is 0 Å². The summed E-state index contributed by atoms with van der Waals surface area (Å²) in [5, 5.41) is 0. The first-order valence-electron chi connectivity index (χ1n) is 5.84. The van der Waals surface area contributed by atoms with Crippen molar-refractivity contribution in [3.8, 4) is 0 Å². The molecule has 0 aliphatic carbocycles. The summed E-state index contributed by atoms with van der Waals surface area (Å²) in [5.41, 5.74) is 1.27. The molecule has 2 nitrogen and oxygen atoms in total. The van der Waals surface area contributed by atoms with Crippen LogP contribution in [0.3, 0.4) is 0 Å². The second-order valence-electron chi connectivity index (χ2n) is 5.11. The van der Waals surface area contributed by atoms with E-state index >= 15 is 0 Å². The lowest BCUT2D eigenvalue weighted by Gasteiger charge is -2.31. The molecule has 1 aromatic carbocycles. The van der Waals surface area contributed by atoms with Gasteiger partial charge in [-0.25, -0.2) is 4.99 Å². The zero-order valence-electron chi connectivity index (χ0n) is 10.2. The van der Waals surface area contributed by atoms with Crippen LogP contribution in [0.1, 0.15) is 32.8 Å². The standard InChI is InChI=1S/C14H19NO/c1-11-10-14(2,3)15-13(16-11)9-12-7-5-4-6-8-12/h4-8,11H,9-10H2,1-3H3/t11-/m0/s1. The summed E-state index contributed by atoms with van der Waals surface area (Å²) < 4.78 is 5.78. The summed E-state index contributed by atoms with van der Waals surface area (Å²) in [6.07, 6.45) is 2.06. The molecule has 1 atom stereocenters. The lowest BCUT2D eigenvalue weighted by atomic mass is 9.96. The molecule has 2 rings (SSSR count). The van der Waals surface area contributed by atoms with Crippen molar-refractivity contribution < 1.29 is 4.74 Å². The van der Waals surface area contributed by atoms with Gasteiger partial charge in [0.25, 0.3) is 0 Å². The summed E-state index contributed by atoms with van der Waals surface area (Å²) in [6, 6.07) is 10.3. The number of ether oxygens (including phenoxy) is 1. The number of rotatable bonds is 2. The van der Waals surface area contributed by atoms with Crippen LogP contribution in [-0.4, -0.2) is 17.5 Å². The Balaban J connectivity index is 2.13. The SMILES string of the molecule is C[C@H]1CC(C)(C)N=C(Cc2ccccc2)O1. The zero-order chi connectivity index (χ0) is 11.6. The van der Waals surface area contributed by atoms with Crippen LogP contribution in [0.25, 0.3) is 0 Å². The van der Waals surface area contributed by atoms with Crippen molar-refractivity contribution in [2.45, 2.75) is 45.3 Å². The number of aliphatic imine (C=N–C) groups is 1. The molecule has 1 aliphatic rings. The Kier molecular flexibility index (Phi) is 2.99. The third-order valence-corrected chi connectivity index (χ3v) is 2.75. The van der Waals surface area contributed by atoms with Gasteiger partial charge in [0, 0.05) is 12.8 Å². The number of hydrogen-bond acceptors (Lipinski definition) is 2. The van der Waals surface area contributed by atoms with Crippen molar-refractivity contribution >= 4 is 5.90 Å². The molecule has 0 fully saturated rings. The van der Waals surface area contributed by atoms with Gasteiger partial charge in [0.15, 0.2) is 5.90 Å². The van der Waals surface area contributed by atoms with Crippen LogP contribution in [0, 0.1) is 0 Å². The van der Waals surface area contributed by atoms with Crippen molar-refractivity contribution in [3.63, 3.8) is 0 Å². The summed E-state index contributed by atoms with van der Waals surface area (Å²) in [5.74, 6) is 0.870. The molecule has 1 aliphatic heterocycles. The smallest absolute Gasteiger partial charge is 0.188 e. The molecule has 1 aromatic rings. The normalized spacial score (nSPS) is 23.4. The first-order chi connectivity index (χ1) is 7.55. The lowest BCUT2D eigenvalue weighted by molar-refractivity contribution is 0.141. The maximum absolute atomic E-state index is 5.78. The minimum Gasteiger partial charge on any atom is -0.478 e. The molecule has 0 bridgehead atoms. The van der Waals surface area contributed by atoms with E-state index in [1.807, 2.05) is 18.2 Å². The highest BCUT2D eigenvalue weighted by Gasteiger charge is 2.27. The van der Waals surface area contributed by atoms with Gasteiger partial charge < -0.3 is 4.74 Å². The van der Waals surface area contributed by atoms with E-state index in [9.17, 15) is 0 Å². The minimum absolute atomic E-state index is 0.0157. The van der Waals surface area contributed by atoms with Gasteiger partial charge in [0.1, 0.15) is 0 Å². The Morgan fingerprint density at radius 1 is 1.31 bits per heavy atom. The van der Waals surface area contributed by atoms with Gasteiger partial charge in [-0.2, -0.15) is 0 Å². The summed E-state index contributed by atoms with van der Waals surface area (Å²) in [7, 11) is 0. The van der Waals surface area contributed by atoms with Crippen molar-refractivity contribution in [2.75, 3.05) is 0 Å². The highest BCUT2D eigenvalue weighted by molar-refractivity contribution is 5.79. The summed E-state index contributed by atoms with van der Waals surface area (Å²) >= 11 is 0. The van der Waals surface area contributed by atoms with Crippen molar-refractivity contribution in [2.24, 2.45) is 4.99 Å². The minimum atomic E-state index is 0.0157. The Morgan fingerprint density at radius 3 is 2.62 bits per heavy atom. The fourth-order valence-electron chi connectivity index (χ4n) is 2.24. The van der Waals surface area contributed by atoms with Crippen molar-refractivity contribution in [1.29, 1.82) is 0 Å². The first-order valence-corrected chi connectivity index (χ1v) is 5.84. The average molecular weight is 217 g/mol. The molecule has 0 saturated heterocycles. The fourth-order valence-corrected chi connectivity index (χ4v) is 2.24. The largest absolute Gasteiger partial charge is 0.478 e. The molecule has 0 radical (unpaired) electrons. The quantitative estimate of drug-likeness (QED) is 0.745. The van der Waals surface area contributed by atoms with Gasteiger partial charge in [0.2, 0.25) is 0 Å².